The second-order valence-electron chi connectivity index (χ2n) is 10.5. The van der Waals surface area contributed by atoms with Crippen LogP contribution in [0.15, 0.2) is 48.5 Å². The first-order chi connectivity index (χ1) is 21.6. The molecule has 1 aliphatic heterocycles. The summed E-state index contributed by atoms with van der Waals surface area (Å²) in [6.45, 7) is 1.74. The van der Waals surface area contributed by atoms with Crippen LogP contribution in [0.2, 0.25) is 0 Å². The summed E-state index contributed by atoms with van der Waals surface area (Å²) in [5.41, 5.74) is -3.30. The molecule has 1 N–H and O–H groups in total. The van der Waals surface area contributed by atoms with Crippen molar-refractivity contribution in [3.63, 3.8) is 0 Å². The van der Waals surface area contributed by atoms with E-state index < -0.39 is 41.2 Å². The van der Waals surface area contributed by atoms with Gasteiger partial charge in [0.15, 0.2) is 5.60 Å². The zero-order chi connectivity index (χ0) is 33.4. The van der Waals surface area contributed by atoms with E-state index in [-0.39, 0.29) is 56.2 Å². The number of nitrogens with zero attached hydrogens (tertiary/aromatic N) is 7. The summed E-state index contributed by atoms with van der Waals surface area (Å²) in [6, 6.07) is 8.48. The van der Waals surface area contributed by atoms with Crippen LogP contribution in [0.3, 0.4) is 0 Å². The van der Waals surface area contributed by atoms with Crippen LogP contribution in [0.25, 0.3) is 0 Å². The molecule has 46 heavy (non-hydrogen) atoms. The Kier molecular flexibility index (Phi) is 9.88. The van der Waals surface area contributed by atoms with Gasteiger partial charge in [-0.15, -0.1) is 10.2 Å². The van der Waals surface area contributed by atoms with Gasteiger partial charge in [-0.25, -0.2) is 14.2 Å². The molecule has 0 unspecified atom stereocenters. The minimum absolute atomic E-state index is 0.0229. The van der Waals surface area contributed by atoms with Crippen molar-refractivity contribution in [2.75, 3.05) is 13.2 Å². The number of hydrogen-bond acceptors (Lipinski definition) is 7. The Hall–Kier alpha value is -3.01. The average molecular weight is 875 g/mol. The maximum Gasteiger partial charge on any atom is 0.416 e. The number of benzene rings is 2. The lowest BCUT2D eigenvalue weighted by atomic mass is 9.86. The minimum Gasteiger partial charge on any atom is -0.450 e. The predicted octanol–water partition coefficient (Wildman–Crippen LogP) is 6.07. The molecule has 0 spiro atoms. The van der Waals surface area contributed by atoms with Gasteiger partial charge in [0, 0.05) is 6.54 Å². The molecule has 1 fully saturated rings. The van der Waals surface area contributed by atoms with Crippen molar-refractivity contribution in [3.05, 3.63) is 89.6 Å². The summed E-state index contributed by atoms with van der Waals surface area (Å²) in [5.74, 6) is 0. The Balaban J connectivity index is 1.57. The molecule has 0 bridgehead atoms. The maximum absolute atomic E-state index is 13.3. The molecule has 1 atom stereocenters. The molecule has 0 saturated carbocycles. The van der Waals surface area contributed by atoms with Gasteiger partial charge in [0.2, 0.25) is 0 Å². The van der Waals surface area contributed by atoms with E-state index in [1.807, 2.05) is 45.2 Å². The van der Waals surface area contributed by atoms with Gasteiger partial charge in [0.05, 0.1) is 36.9 Å². The second kappa shape index (κ2) is 13.2. The van der Waals surface area contributed by atoms with Gasteiger partial charge in [0.1, 0.15) is 18.8 Å². The van der Waals surface area contributed by atoms with E-state index in [0.717, 1.165) is 24.3 Å². The number of alkyl halides is 6. The van der Waals surface area contributed by atoms with Gasteiger partial charge in [0.25, 0.3) is 0 Å². The molecular formula is C28H25F6I2N7O3. The third kappa shape index (κ3) is 6.83. The lowest BCUT2D eigenvalue weighted by molar-refractivity contribution is -0.138. The minimum atomic E-state index is -4.55. The van der Waals surface area contributed by atoms with Crippen molar-refractivity contribution in [2.45, 2.75) is 56.9 Å². The summed E-state index contributed by atoms with van der Waals surface area (Å²) >= 11 is 3.74. The average Bonchev–Trinajstić information content (AvgIpc) is 3.73. The lowest BCUT2D eigenvalue weighted by Crippen LogP contribution is -2.52. The second-order valence-corrected chi connectivity index (χ2v) is 12.5. The standard InChI is InChI=1S/C28H25F6I2N7O3/c1-2-46-25(44)41-11-5-10-20(41)26(45,21-23(35)42(39-37-21)14-16-6-3-8-18(12-16)27(29,30)31)22-24(36)43(40-38-22)15-17-7-4-9-19(13-17)28(32,33)34/h3-4,6-9,12-13,20,45H,2,5,10-11,14-15H2,1H3/t20-/m0/s1. The van der Waals surface area contributed by atoms with Crippen LogP contribution < -0.4 is 0 Å². The highest BCUT2D eigenvalue weighted by Crippen LogP contribution is 2.42. The zero-order valence-corrected chi connectivity index (χ0v) is 28.2. The monoisotopic (exact) mass is 875 g/mol. The number of likely N-dealkylation sites (tertiary alicyclic amines) is 1. The van der Waals surface area contributed by atoms with Crippen molar-refractivity contribution in [1.29, 1.82) is 0 Å². The predicted molar refractivity (Wildman–Crippen MR) is 166 cm³/mol. The number of halogens is 8. The Labute approximate surface area is 285 Å². The van der Waals surface area contributed by atoms with E-state index >= 15 is 0 Å². The largest absolute Gasteiger partial charge is 0.450 e. The van der Waals surface area contributed by atoms with E-state index in [1.165, 1.54) is 38.5 Å². The fourth-order valence-electron chi connectivity index (χ4n) is 5.36. The summed E-state index contributed by atoms with van der Waals surface area (Å²) in [6.07, 6.45) is -8.99. The highest BCUT2D eigenvalue weighted by atomic mass is 127. The normalized spacial score (nSPS) is 15.9. The number of rotatable bonds is 8. The first-order valence-corrected chi connectivity index (χ1v) is 16.0. The molecule has 2 aromatic heterocycles. The lowest BCUT2D eigenvalue weighted by Gasteiger charge is -2.36. The molecule has 0 aliphatic carbocycles. The number of carbonyl (C=O) groups is 1. The smallest absolute Gasteiger partial charge is 0.416 e. The van der Waals surface area contributed by atoms with Crippen LogP contribution in [0.5, 0.6) is 0 Å². The highest BCUT2D eigenvalue weighted by molar-refractivity contribution is 14.1. The number of hydrogen-bond donors (Lipinski definition) is 1. The highest BCUT2D eigenvalue weighted by Gasteiger charge is 2.54. The van der Waals surface area contributed by atoms with Crippen LogP contribution >= 0.6 is 45.2 Å². The molecule has 1 aliphatic rings. The summed E-state index contributed by atoms with van der Waals surface area (Å²) in [4.78, 5) is 14.3. The first-order valence-electron chi connectivity index (χ1n) is 13.8. The van der Waals surface area contributed by atoms with Crippen molar-refractivity contribution in [2.24, 2.45) is 0 Å². The van der Waals surface area contributed by atoms with Crippen LogP contribution in [-0.4, -0.2) is 65.3 Å². The molecule has 246 valence electrons. The van der Waals surface area contributed by atoms with Gasteiger partial charge in [-0.2, -0.15) is 26.3 Å². The van der Waals surface area contributed by atoms with Crippen LogP contribution in [-0.2, 0) is 35.8 Å². The molecule has 1 amide bonds. The van der Waals surface area contributed by atoms with E-state index in [4.69, 9.17) is 4.74 Å². The Morgan fingerprint density at radius 2 is 1.37 bits per heavy atom. The van der Waals surface area contributed by atoms with Gasteiger partial charge in [-0.05, 0) is 100 Å². The van der Waals surface area contributed by atoms with E-state index in [1.54, 1.807) is 6.92 Å². The van der Waals surface area contributed by atoms with Gasteiger partial charge in [-0.1, -0.05) is 34.7 Å². The van der Waals surface area contributed by atoms with Gasteiger partial charge < -0.3 is 14.7 Å². The molecule has 5 rings (SSSR count). The number of aliphatic hydroxyl groups is 1. The first kappa shape index (κ1) is 34.3. The van der Waals surface area contributed by atoms with E-state index in [0.29, 0.717) is 12.8 Å². The molecule has 2 aromatic carbocycles. The van der Waals surface area contributed by atoms with E-state index in [2.05, 4.69) is 20.6 Å². The summed E-state index contributed by atoms with van der Waals surface area (Å²) in [7, 11) is 0. The molecule has 10 nitrogen and oxygen atoms in total. The quantitative estimate of drug-likeness (QED) is 0.169. The Bertz CT molecular complexity index is 1620. The van der Waals surface area contributed by atoms with Gasteiger partial charge in [-0.3, -0.25) is 0 Å². The number of ether oxygens (including phenoxy) is 1. The summed E-state index contributed by atoms with van der Waals surface area (Å²) < 4.78 is 88.4. The topological polar surface area (TPSA) is 111 Å². The summed E-state index contributed by atoms with van der Waals surface area (Å²) in [5, 5.41) is 29.4. The van der Waals surface area contributed by atoms with Crippen LogP contribution in [0.4, 0.5) is 31.1 Å². The molecule has 3 heterocycles. The molecule has 0 radical (unpaired) electrons. The van der Waals surface area contributed by atoms with Crippen molar-refractivity contribution in [1.82, 2.24) is 34.9 Å². The fourth-order valence-corrected chi connectivity index (χ4v) is 6.94. The van der Waals surface area contributed by atoms with Crippen LogP contribution in [0, 0.1) is 7.40 Å². The number of carbonyl (C=O) groups excluding carboxylic acids is 1. The third-order valence-electron chi connectivity index (χ3n) is 7.48. The SMILES string of the molecule is CCOC(=O)N1CCC[C@H]1C(O)(c1nnn(Cc2cccc(C(F)(F)F)c2)c1I)c1nnn(Cc2cccc(C(F)(F)F)c2)c1I. The van der Waals surface area contributed by atoms with Gasteiger partial charge >= 0.3 is 18.4 Å². The molecule has 18 heteroatoms. The molecule has 1 saturated heterocycles. The fraction of sp³-hybridized carbons (Fsp3) is 0.393. The van der Waals surface area contributed by atoms with Crippen molar-refractivity contribution in [3.8, 4) is 0 Å². The maximum atomic E-state index is 13.3. The number of amides is 1. The molecular weight excluding hydrogens is 850 g/mol. The number of aromatic nitrogens is 6. The molecule has 4 aromatic rings. The zero-order valence-electron chi connectivity index (χ0n) is 23.9. The van der Waals surface area contributed by atoms with E-state index in [9.17, 15) is 36.2 Å². The van der Waals surface area contributed by atoms with Crippen molar-refractivity contribution < 1.29 is 41.0 Å². The third-order valence-corrected chi connectivity index (χ3v) is 9.62. The Morgan fingerprint density at radius 3 is 1.80 bits per heavy atom. The van der Waals surface area contributed by atoms with Crippen molar-refractivity contribution >= 4 is 51.3 Å². The Morgan fingerprint density at radius 1 is 0.891 bits per heavy atom. The van der Waals surface area contributed by atoms with Crippen LogP contribution in [0.1, 0.15) is 53.4 Å².